The highest BCUT2D eigenvalue weighted by atomic mass is 16.5. The lowest BCUT2D eigenvalue weighted by Gasteiger charge is -2.23. The van der Waals surface area contributed by atoms with E-state index in [1.54, 1.807) is 0 Å². The Hall–Kier alpha value is -5.98. The van der Waals surface area contributed by atoms with Gasteiger partial charge in [0.05, 0.1) is 11.6 Å². The highest BCUT2D eigenvalue weighted by Gasteiger charge is 2.22. The molecule has 43 heavy (non-hydrogen) atoms. The number of nitrogens with zero attached hydrogens (tertiary/aromatic N) is 2. The number of pyridine rings is 1. The summed E-state index contributed by atoms with van der Waals surface area (Å²) in [6.07, 6.45) is 3.76. The van der Waals surface area contributed by atoms with E-state index in [4.69, 9.17) is 4.74 Å². The van der Waals surface area contributed by atoms with Crippen LogP contribution in [0.5, 0.6) is 11.5 Å². The molecule has 0 saturated heterocycles. The zero-order chi connectivity index (χ0) is 28.5. The van der Waals surface area contributed by atoms with Crippen molar-refractivity contribution < 1.29 is 4.74 Å². The summed E-state index contributed by atoms with van der Waals surface area (Å²) in [7, 11) is 0. The van der Waals surface area contributed by atoms with Crippen LogP contribution in [0, 0.1) is 11.3 Å². The molecule has 3 nitrogen and oxygen atoms in total. The van der Waals surface area contributed by atoms with E-state index < -0.39 is 0 Å². The van der Waals surface area contributed by atoms with E-state index in [-0.39, 0.29) is 0 Å². The first-order chi connectivity index (χ1) is 21.3. The van der Waals surface area contributed by atoms with Gasteiger partial charge in [0.2, 0.25) is 0 Å². The Kier molecular flexibility index (Phi) is 4.97. The molecule has 3 heteroatoms. The number of ether oxygens (including phenoxy) is 1. The normalized spacial score (nSPS) is 11.9. The molecule has 0 aliphatic carbocycles. The van der Waals surface area contributed by atoms with Gasteiger partial charge in [-0.25, -0.2) is 0 Å². The molecular formula is C40H22N2O. The number of hydrogen-bond acceptors (Lipinski definition) is 3. The minimum Gasteiger partial charge on any atom is -0.456 e. The van der Waals surface area contributed by atoms with Crippen LogP contribution in [0.25, 0.3) is 76.5 Å². The molecule has 9 rings (SSSR count). The Morgan fingerprint density at radius 1 is 0.488 bits per heavy atom. The highest BCUT2D eigenvalue weighted by molar-refractivity contribution is 6.24. The van der Waals surface area contributed by atoms with Crippen molar-refractivity contribution in [3.8, 4) is 50.9 Å². The van der Waals surface area contributed by atoms with Crippen LogP contribution in [0.3, 0.4) is 0 Å². The molecule has 7 aromatic carbocycles. The summed E-state index contributed by atoms with van der Waals surface area (Å²) < 4.78 is 6.53. The largest absolute Gasteiger partial charge is 0.456 e. The molecule has 0 bridgehead atoms. The van der Waals surface area contributed by atoms with E-state index in [9.17, 15) is 5.26 Å². The zero-order valence-corrected chi connectivity index (χ0v) is 23.0. The van der Waals surface area contributed by atoms with Gasteiger partial charge in [0, 0.05) is 34.3 Å². The summed E-state index contributed by atoms with van der Waals surface area (Å²) in [4.78, 5) is 4.41. The van der Waals surface area contributed by atoms with Crippen LogP contribution in [0.15, 0.2) is 134 Å². The first kappa shape index (κ1) is 23.7. The van der Waals surface area contributed by atoms with Crippen molar-refractivity contribution in [3.05, 3.63) is 139 Å². The van der Waals surface area contributed by atoms with Crippen molar-refractivity contribution >= 4 is 43.1 Å². The monoisotopic (exact) mass is 546 g/mol. The van der Waals surface area contributed by atoms with Crippen molar-refractivity contribution in [1.29, 1.82) is 5.26 Å². The van der Waals surface area contributed by atoms with Gasteiger partial charge in [-0.2, -0.15) is 5.26 Å². The van der Waals surface area contributed by atoms with Gasteiger partial charge in [-0.05, 0) is 97.0 Å². The predicted octanol–water partition coefficient (Wildman–Crippen LogP) is 10.7. The van der Waals surface area contributed by atoms with Crippen molar-refractivity contribution in [3.63, 3.8) is 0 Å². The van der Waals surface area contributed by atoms with Crippen LogP contribution in [0.4, 0.5) is 0 Å². The quantitative estimate of drug-likeness (QED) is 0.203. The molecule has 1 aliphatic rings. The van der Waals surface area contributed by atoms with Gasteiger partial charge in [-0.3, -0.25) is 4.98 Å². The van der Waals surface area contributed by atoms with Crippen molar-refractivity contribution in [2.24, 2.45) is 0 Å². The highest BCUT2D eigenvalue weighted by Crippen LogP contribution is 2.49. The summed E-state index contributed by atoms with van der Waals surface area (Å²) in [6, 6.07) is 44.8. The second-order valence-electron chi connectivity index (χ2n) is 11.0. The van der Waals surface area contributed by atoms with Crippen molar-refractivity contribution in [1.82, 2.24) is 4.98 Å². The van der Waals surface area contributed by atoms with Gasteiger partial charge in [0.15, 0.2) is 0 Å². The Morgan fingerprint density at radius 2 is 1.16 bits per heavy atom. The summed E-state index contributed by atoms with van der Waals surface area (Å²) in [5.74, 6) is 1.61. The van der Waals surface area contributed by atoms with E-state index in [2.05, 4.69) is 96.0 Å². The predicted molar refractivity (Wildman–Crippen MR) is 175 cm³/mol. The Labute approximate surface area is 247 Å². The lowest BCUT2D eigenvalue weighted by molar-refractivity contribution is 0.487. The van der Waals surface area contributed by atoms with E-state index in [0.29, 0.717) is 5.56 Å². The van der Waals surface area contributed by atoms with Crippen molar-refractivity contribution in [2.75, 3.05) is 0 Å². The average Bonchev–Trinajstić information content (AvgIpc) is 3.08. The maximum absolute atomic E-state index is 9.67. The Morgan fingerprint density at radius 3 is 1.86 bits per heavy atom. The molecule has 0 saturated carbocycles. The van der Waals surface area contributed by atoms with Gasteiger partial charge in [-0.15, -0.1) is 0 Å². The standard InChI is InChI=1S/C40H22N2O/c41-22-25-15-17-33-32-16-14-24(19-39(32)43-38-13-5-12-27(25)40(33)38)34-20-36-31-11-4-2-9-29(31)35(26-7-6-18-42-23-26)21-37(36)30-10-3-1-8-28(30)34/h1-21,23H. The van der Waals surface area contributed by atoms with E-state index in [0.717, 1.165) is 50.1 Å². The minimum atomic E-state index is 0.658. The summed E-state index contributed by atoms with van der Waals surface area (Å²) in [6.45, 7) is 0. The fourth-order valence-electron chi connectivity index (χ4n) is 6.85. The maximum Gasteiger partial charge on any atom is 0.135 e. The van der Waals surface area contributed by atoms with Gasteiger partial charge >= 0.3 is 0 Å². The molecule has 2 heterocycles. The van der Waals surface area contributed by atoms with E-state index in [1.807, 2.05) is 48.8 Å². The van der Waals surface area contributed by atoms with E-state index >= 15 is 0 Å². The first-order valence-corrected chi connectivity index (χ1v) is 14.3. The van der Waals surface area contributed by atoms with E-state index in [1.165, 1.54) is 37.9 Å². The third-order valence-corrected chi connectivity index (χ3v) is 8.78. The Bertz CT molecular complexity index is 2490. The zero-order valence-electron chi connectivity index (χ0n) is 23.0. The number of benzene rings is 7. The molecule has 0 atom stereocenters. The average molecular weight is 547 g/mol. The van der Waals surface area contributed by atoms with Crippen LogP contribution >= 0.6 is 0 Å². The smallest absolute Gasteiger partial charge is 0.135 e. The van der Waals surface area contributed by atoms with Gasteiger partial charge < -0.3 is 4.74 Å². The number of fused-ring (bicyclic) bond motifs is 7. The minimum absolute atomic E-state index is 0.658. The third kappa shape index (κ3) is 3.44. The topological polar surface area (TPSA) is 45.9 Å². The lowest BCUT2D eigenvalue weighted by atomic mass is 9.87. The SMILES string of the molecule is N#Cc1ccc2c3c(cccc13)Oc1cc(-c3cc4c5ccccc5c(-c5cccnc5)cc4c4ccccc34)ccc1-2. The molecule has 8 aromatic rings. The van der Waals surface area contributed by atoms with Crippen molar-refractivity contribution in [2.45, 2.75) is 0 Å². The van der Waals surface area contributed by atoms with Crippen LogP contribution in [-0.4, -0.2) is 4.98 Å². The molecular weight excluding hydrogens is 524 g/mol. The fourth-order valence-corrected chi connectivity index (χ4v) is 6.85. The van der Waals surface area contributed by atoms with Gasteiger partial charge in [-0.1, -0.05) is 78.9 Å². The number of hydrogen-bond donors (Lipinski definition) is 0. The number of aromatic nitrogens is 1. The summed E-state index contributed by atoms with van der Waals surface area (Å²) in [5.41, 5.74) is 7.34. The van der Waals surface area contributed by atoms with Crippen LogP contribution in [0.2, 0.25) is 0 Å². The molecule has 0 fully saturated rings. The third-order valence-electron chi connectivity index (χ3n) is 8.78. The van der Waals surface area contributed by atoms with Gasteiger partial charge in [0.1, 0.15) is 11.5 Å². The molecule has 0 N–H and O–H groups in total. The first-order valence-electron chi connectivity index (χ1n) is 14.3. The second-order valence-corrected chi connectivity index (χ2v) is 11.0. The molecule has 1 aromatic heterocycles. The molecule has 0 unspecified atom stereocenters. The summed E-state index contributed by atoms with van der Waals surface area (Å²) >= 11 is 0. The number of rotatable bonds is 2. The maximum atomic E-state index is 9.67. The molecule has 0 radical (unpaired) electrons. The molecule has 0 amide bonds. The number of nitriles is 1. The summed E-state index contributed by atoms with van der Waals surface area (Å²) in [5, 5.41) is 18.9. The van der Waals surface area contributed by atoms with Crippen LogP contribution in [0.1, 0.15) is 5.56 Å². The van der Waals surface area contributed by atoms with Gasteiger partial charge in [0.25, 0.3) is 0 Å². The molecule has 0 spiro atoms. The molecule has 1 aliphatic heterocycles. The Balaban J connectivity index is 1.31. The van der Waals surface area contributed by atoms with Crippen LogP contribution < -0.4 is 4.74 Å². The second kappa shape index (κ2) is 9.01. The fraction of sp³-hybridized carbons (Fsp3) is 0. The molecule has 198 valence electrons. The lowest BCUT2D eigenvalue weighted by Crippen LogP contribution is -1.98. The van der Waals surface area contributed by atoms with Crippen LogP contribution in [-0.2, 0) is 0 Å².